The third-order valence-electron chi connectivity index (χ3n) is 2.78. The number of halogens is 2. The van der Waals surface area contributed by atoms with Gasteiger partial charge in [0.15, 0.2) is 0 Å². The molecule has 1 heterocycles. The maximum absolute atomic E-state index is 13.7. The minimum atomic E-state index is -0.553. The van der Waals surface area contributed by atoms with Crippen molar-refractivity contribution in [3.8, 4) is 0 Å². The Kier molecular flexibility index (Phi) is 4.27. The van der Waals surface area contributed by atoms with E-state index in [9.17, 15) is 9.18 Å². The molecule has 0 aliphatic rings. The molecule has 0 unspecified atom stereocenters. The molecule has 0 aliphatic carbocycles. The Labute approximate surface area is 119 Å². The second-order valence-corrected chi connectivity index (χ2v) is 4.94. The highest BCUT2D eigenvalue weighted by molar-refractivity contribution is 9.10. The number of nitrogens with zero attached hydrogens (tertiary/aromatic N) is 1. The van der Waals surface area contributed by atoms with Gasteiger partial charge in [0.05, 0.1) is 10.0 Å². The monoisotopic (exact) mass is 322 g/mol. The van der Waals surface area contributed by atoms with E-state index in [0.717, 1.165) is 11.1 Å². The zero-order chi connectivity index (χ0) is 13.8. The van der Waals surface area contributed by atoms with Gasteiger partial charge in [-0.1, -0.05) is 6.07 Å². The number of hydrogen-bond acceptors (Lipinski definition) is 2. The van der Waals surface area contributed by atoms with Crippen molar-refractivity contribution >= 4 is 21.8 Å². The van der Waals surface area contributed by atoms with Crippen molar-refractivity contribution in [2.24, 2.45) is 0 Å². The molecule has 2 aromatic rings. The van der Waals surface area contributed by atoms with Crippen LogP contribution in [-0.2, 0) is 6.54 Å². The van der Waals surface area contributed by atoms with Crippen LogP contribution < -0.4 is 5.32 Å². The number of aromatic nitrogens is 1. The maximum Gasteiger partial charge on any atom is 0.254 e. The molecule has 0 radical (unpaired) electrons. The highest BCUT2D eigenvalue weighted by Crippen LogP contribution is 2.18. The summed E-state index contributed by atoms with van der Waals surface area (Å²) < 4.78 is 14.0. The van der Waals surface area contributed by atoms with E-state index in [4.69, 9.17) is 0 Å². The lowest BCUT2D eigenvalue weighted by molar-refractivity contribution is 0.0946. The average molecular weight is 323 g/mol. The SMILES string of the molecule is Cc1ccncc1CNC(=O)c1cccc(Br)c1F. The van der Waals surface area contributed by atoms with E-state index in [2.05, 4.69) is 26.2 Å². The van der Waals surface area contributed by atoms with Crippen LogP contribution in [0.15, 0.2) is 41.1 Å². The molecule has 0 saturated carbocycles. The number of nitrogens with one attached hydrogen (secondary N) is 1. The summed E-state index contributed by atoms with van der Waals surface area (Å²) >= 11 is 3.06. The molecular weight excluding hydrogens is 311 g/mol. The largest absolute Gasteiger partial charge is 0.348 e. The van der Waals surface area contributed by atoms with Crippen molar-refractivity contribution in [1.29, 1.82) is 0 Å². The summed E-state index contributed by atoms with van der Waals surface area (Å²) in [5.41, 5.74) is 1.96. The van der Waals surface area contributed by atoms with E-state index in [-0.39, 0.29) is 10.0 Å². The predicted molar refractivity (Wildman–Crippen MR) is 74.2 cm³/mol. The van der Waals surface area contributed by atoms with Gasteiger partial charge in [0, 0.05) is 18.9 Å². The number of carbonyl (C=O) groups is 1. The molecule has 1 N–H and O–H groups in total. The average Bonchev–Trinajstić information content (AvgIpc) is 2.40. The summed E-state index contributed by atoms with van der Waals surface area (Å²) in [7, 11) is 0. The number of aryl methyl sites for hydroxylation is 1. The summed E-state index contributed by atoms with van der Waals surface area (Å²) in [6, 6.07) is 6.49. The number of carbonyl (C=O) groups excluding carboxylic acids is 1. The zero-order valence-corrected chi connectivity index (χ0v) is 11.9. The third-order valence-corrected chi connectivity index (χ3v) is 3.40. The molecular formula is C14H12BrFN2O. The minimum absolute atomic E-state index is 0.0240. The fourth-order valence-corrected chi connectivity index (χ4v) is 2.00. The lowest BCUT2D eigenvalue weighted by Gasteiger charge is -2.08. The summed E-state index contributed by atoms with van der Waals surface area (Å²) in [5, 5.41) is 2.68. The van der Waals surface area contributed by atoms with E-state index < -0.39 is 11.7 Å². The molecule has 0 saturated heterocycles. The van der Waals surface area contributed by atoms with E-state index >= 15 is 0 Å². The van der Waals surface area contributed by atoms with Crippen LogP contribution in [0.2, 0.25) is 0 Å². The number of pyridine rings is 1. The van der Waals surface area contributed by atoms with E-state index in [1.54, 1.807) is 24.5 Å². The van der Waals surface area contributed by atoms with Gasteiger partial charge in [-0.3, -0.25) is 9.78 Å². The smallest absolute Gasteiger partial charge is 0.254 e. The Morgan fingerprint density at radius 2 is 2.21 bits per heavy atom. The molecule has 1 amide bonds. The Hall–Kier alpha value is -1.75. The molecule has 0 atom stereocenters. The maximum atomic E-state index is 13.7. The van der Waals surface area contributed by atoms with Crippen LogP contribution in [0.1, 0.15) is 21.5 Å². The summed E-state index contributed by atoms with van der Waals surface area (Å²) in [4.78, 5) is 15.9. The number of amides is 1. The van der Waals surface area contributed by atoms with Gasteiger partial charge in [-0.25, -0.2) is 4.39 Å². The lowest BCUT2D eigenvalue weighted by Crippen LogP contribution is -2.24. The molecule has 1 aromatic heterocycles. The van der Waals surface area contributed by atoms with Crippen molar-refractivity contribution in [2.75, 3.05) is 0 Å². The standard InChI is InChI=1S/C14H12BrFN2O/c1-9-5-6-17-7-10(9)8-18-14(19)11-3-2-4-12(15)13(11)16/h2-7H,8H2,1H3,(H,18,19). The van der Waals surface area contributed by atoms with Crippen LogP contribution in [0.4, 0.5) is 4.39 Å². The van der Waals surface area contributed by atoms with Gasteiger partial charge in [0.25, 0.3) is 5.91 Å². The minimum Gasteiger partial charge on any atom is -0.348 e. The number of hydrogen-bond donors (Lipinski definition) is 1. The molecule has 1 aromatic carbocycles. The molecule has 2 rings (SSSR count). The van der Waals surface area contributed by atoms with Crippen LogP contribution in [0, 0.1) is 12.7 Å². The van der Waals surface area contributed by atoms with E-state index in [0.29, 0.717) is 6.54 Å². The fraction of sp³-hybridized carbons (Fsp3) is 0.143. The van der Waals surface area contributed by atoms with Crippen LogP contribution in [-0.4, -0.2) is 10.9 Å². The third kappa shape index (κ3) is 3.17. The molecule has 5 heteroatoms. The molecule has 0 fully saturated rings. The van der Waals surface area contributed by atoms with Crippen molar-refractivity contribution in [3.63, 3.8) is 0 Å². The number of benzene rings is 1. The highest BCUT2D eigenvalue weighted by atomic mass is 79.9. The molecule has 3 nitrogen and oxygen atoms in total. The Bertz CT molecular complexity index is 616. The summed E-state index contributed by atoms with van der Waals surface area (Å²) in [6.45, 7) is 2.26. The van der Waals surface area contributed by atoms with Crippen molar-refractivity contribution in [2.45, 2.75) is 13.5 Å². The van der Waals surface area contributed by atoms with Gasteiger partial charge in [-0.2, -0.15) is 0 Å². The van der Waals surface area contributed by atoms with Gasteiger partial charge >= 0.3 is 0 Å². The second-order valence-electron chi connectivity index (χ2n) is 4.09. The lowest BCUT2D eigenvalue weighted by atomic mass is 10.1. The first-order valence-electron chi connectivity index (χ1n) is 5.71. The summed E-state index contributed by atoms with van der Waals surface area (Å²) in [5.74, 6) is -0.995. The molecule has 0 spiro atoms. The molecule has 0 bridgehead atoms. The zero-order valence-electron chi connectivity index (χ0n) is 10.3. The van der Waals surface area contributed by atoms with Gasteiger partial charge in [-0.15, -0.1) is 0 Å². The molecule has 0 aliphatic heterocycles. The first kappa shape index (κ1) is 13.7. The van der Waals surface area contributed by atoms with Crippen LogP contribution in [0.5, 0.6) is 0 Å². The Balaban J connectivity index is 2.10. The first-order chi connectivity index (χ1) is 9.09. The van der Waals surface area contributed by atoms with Crippen LogP contribution in [0.3, 0.4) is 0 Å². The van der Waals surface area contributed by atoms with Crippen molar-refractivity contribution < 1.29 is 9.18 Å². The Morgan fingerprint density at radius 1 is 1.42 bits per heavy atom. The van der Waals surface area contributed by atoms with Crippen LogP contribution >= 0.6 is 15.9 Å². The van der Waals surface area contributed by atoms with E-state index in [1.807, 2.05) is 13.0 Å². The highest BCUT2D eigenvalue weighted by Gasteiger charge is 2.13. The van der Waals surface area contributed by atoms with Crippen molar-refractivity contribution in [1.82, 2.24) is 10.3 Å². The van der Waals surface area contributed by atoms with Gasteiger partial charge in [0.1, 0.15) is 5.82 Å². The fourth-order valence-electron chi connectivity index (χ4n) is 1.63. The summed E-state index contributed by atoms with van der Waals surface area (Å²) in [6.07, 6.45) is 3.38. The molecule has 19 heavy (non-hydrogen) atoms. The second kappa shape index (κ2) is 5.93. The van der Waals surface area contributed by atoms with Crippen LogP contribution in [0.25, 0.3) is 0 Å². The van der Waals surface area contributed by atoms with Crippen molar-refractivity contribution in [3.05, 3.63) is 63.6 Å². The first-order valence-corrected chi connectivity index (χ1v) is 6.50. The number of rotatable bonds is 3. The predicted octanol–water partition coefficient (Wildman–Crippen LogP) is 3.22. The quantitative estimate of drug-likeness (QED) is 0.942. The van der Waals surface area contributed by atoms with E-state index in [1.165, 1.54) is 6.07 Å². The normalized spacial score (nSPS) is 10.3. The Morgan fingerprint density at radius 3 is 2.95 bits per heavy atom. The molecule has 98 valence electrons. The van der Waals surface area contributed by atoms with Gasteiger partial charge < -0.3 is 5.32 Å². The van der Waals surface area contributed by atoms with Gasteiger partial charge in [-0.05, 0) is 52.2 Å². The van der Waals surface area contributed by atoms with Gasteiger partial charge in [0.2, 0.25) is 0 Å². The topological polar surface area (TPSA) is 42.0 Å².